The van der Waals surface area contributed by atoms with Gasteiger partial charge in [0.05, 0.1) is 18.2 Å². The fraction of sp³-hybridized carbons (Fsp3) is 0.385. The minimum Gasteiger partial charge on any atom is -0.492 e. The molecule has 22 heavy (non-hydrogen) atoms. The van der Waals surface area contributed by atoms with Crippen molar-refractivity contribution in [3.05, 3.63) is 28.2 Å². The summed E-state index contributed by atoms with van der Waals surface area (Å²) in [5, 5.41) is 2.26. The Morgan fingerprint density at radius 1 is 1.27 bits per heavy atom. The van der Waals surface area contributed by atoms with E-state index in [1.165, 1.54) is 5.06 Å². The third-order valence-electron chi connectivity index (χ3n) is 2.81. The number of nitrogens with two attached hydrogens (primary N) is 2. The van der Waals surface area contributed by atoms with E-state index in [1.807, 2.05) is 0 Å². The zero-order valence-corrected chi connectivity index (χ0v) is 13.5. The highest BCUT2D eigenvalue weighted by Gasteiger charge is 2.21. The molecular formula is C13H17Cl2N5O2. The van der Waals surface area contributed by atoms with Crippen LogP contribution in [0.3, 0.4) is 0 Å². The molecule has 1 heterocycles. The molecule has 1 aromatic rings. The number of hydrogen-bond acceptors (Lipinski definition) is 7. The third-order valence-corrected chi connectivity index (χ3v) is 3.61. The first-order valence-corrected chi connectivity index (χ1v) is 7.41. The van der Waals surface area contributed by atoms with Crippen LogP contribution < -0.4 is 16.2 Å². The fourth-order valence-corrected chi connectivity index (χ4v) is 2.15. The Labute approximate surface area is 138 Å². The summed E-state index contributed by atoms with van der Waals surface area (Å²) in [5.41, 5.74) is 11.2. The quantitative estimate of drug-likeness (QED) is 0.768. The summed E-state index contributed by atoms with van der Waals surface area (Å²) in [5.74, 6) is 0.863. The lowest BCUT2D eigenvalue weighted by Crippen LogP contribution is -2.47. The Bertz CT molecular complexity index is 594. The van der Waals surface area contributed by atoms with Gasteiger partial charge in [-0.3, -0.25) is 4.84 Å². The molecule has 0 aromatic heterocycles. The predicted molar refractivity (Wildman–Crippen MR) is 87.1 cm³/mol. The van der Waals surface area contributed by atoms with Crippen LogP contribution >= 0.6 is 23.2 Å². The standard InChI is InChI=1S/C13H17Cl2N5O2/c1-8-18-12(16)19-13(17)20(8)22-7-3-6-21-10-5-2-4-9(14)11(10)15/h2,4-5,8H,3,6-7H2,1H3,(H4,16,17,18,19). The van der Waals surface area contributed by atoms with Gasteiger partial charge in [0.1, 0.15) is 16.9 Å². The molecule has 1 aromatic carbocycles. The topological polar surface area (TPSA) is 98.5 Å². The molecule has 0 saturated heterocycles. The van der Waals surface area contributed by atoms with Crippen LogP contribution in [-0.2, 0) is 4.84 Å². The molecule has 0 radical (unpaired) electrons. The maximum atomic E-state index is 6.02. The summed E-state index contributed by atoms with van der Waals surface area (Å²) >= 11 is 11.9. The van der Waals surface area contributed by atoms with Crippen LogP contribution in [0.25, 0.3) is 0 Å². The Hall–Kier alpha value is -1.70. The van der Waals surface area contributed by atoms with Gasteiger partial charge in [-0.05, 0) is 19.1 Å². The molecule has 1 aliphatic heterocycles. The van der Waals surface area contributed by atoms with E-state index < -0.39 is 0 Å². The molecule has 0 fully saturated rings. The van der Waals surface area contributed by atoms with Crippen LogP contribution in [0.2, 0.25) is 10.0 Å². The molecule has 0 bridgehead atoms. The maximum absolute atomic E-state index is 6.02. The Kier molecular flexibility index (Phi) is 5.70. The van der Waals surface area contributed by atoms with Gasteiger partial charge < -0.3 is 16.2 Å². The summed E-state index contributed by atoms with van der Waals surface area (Å²) in [6, 6.07) is 5.23. The van der Waals surface area contributed by atoms with E-state index in [4.69, 9.17) is 44.2 Å². The summed E-state index contributed by atoms with van der Waals surface area (Å²) in [6.07, 6.45) is 0.305. The minimum absolute atomic E-state index is 0.142. The van der Waals surface area contributed by atoms with Crippen LogP contribution in [0.5, 0.6) is 5.75 Å². The molecule has 7 nitrogen and oxygen atoms in total. The minimum atomic E-state index is -0.319. The van der Waals surface area contributed by atoms with E-state index >= 15 is 0 Å². The summed E-state index contributed by atoms with van der Waals surface area (Å²) < 4.78 is 5.55. The maximum Gasteiger partial charge on any atom is 0.225 e. The van der Waals surface area contributed by atoms with Gasteiger partial charge in [-0.2, -0.15) is 10.1 Å². The second-order valence-electron chi connectivity index (χ2n) is 4.50. The van der Waals surface area contributed by atoms with Gasteiger partial charge in [0.15, 0.2) is 0 Å². The number of ether oxygens (including phenoxy) is 1. The average molecular weight is 346 g/mol. The van der Waals surface area contributed by atoms with Gasteiger partial charge >= 0.3 is 0 Å². The molecule has 1 aliphatic rings. The summed E-state index contributed by atoms with van der Waals surface area (Å²) in [4.78, 5) is 13.4. The number of halogens is 2. The number of aliphatic imine (C=N–C) groups is 2. The van der Waals surface area contributed by atoms with Gasteiger partial charge in [0, 0.05) is 6.42 Å². The molecule has 0 aliphatic carbocycles. The molecule has 1 atom stereocenters. The second-order valence-corrected chi connectivity index (χ2v) is 5.29. The fourth-order valence-electron chi connectivity index (χ4n) is 1.80. The molecule has 4 N–H and O–H groups in total. The van der Waals surface area contributed by atoms with E-state index in [1.54, 1.807) is 25.1 Å². The third kappa shape index (κ3) is 4.16. The van der Waals surface area contributed by atoms with Crippen molar-refractivity contribution in [2.75, 3.05) is 13.2 Å². The van der Waals surface area contributed by atoms with Gasteiger partial charge in [-0.25, -0.2) is 4.99 Å². The van der Waals surface area contributed by atoms with Gasteiger partial charge in [-0.15, -0.1) is 0 Å². The number of hydrogen-bond donors (Lipinski definition) is 2. The number of nitrogens with zero attached hydrogens (tertiary/aromatic N) is 3. The molecule has 120 valence electrons. The number of benzene rings is 1. The van der Waals surface area contributed by atoms with Crippen molar-refractivity contribution in [1.29, 1.82) is 0 Å². The average Bonchev–Trinajstić information content (AvgIpc) is 2.45. The number of rotatable bonds is 6. The Morgan fingerprint density at radius 2 is 2.05 bits per heavy atom. The summed E-state index contributed by atoms with van der Waals surface area (Å²) in [7, 11) is 0. The van der Waals surface area contributed by atoms with Crippen LogP contribution in [-0.4, -0.2) is 36.4 Å². The lowest BCUT2D eigenvalue weighted by molar-refractivity contribution is -0.126. The van der Waals surface area contributed by atoms with Crippen molar-refractivity contribution < 1.29 is 9.57 Å². The van der Waals surface area contributed by atoms with Crippen molar-refractivity contribution in [3.8, 4) is 5.75 Å². The highest BCUT2D eigenvalue weighted by molar-refractivity contribution is 6.42. The van der Waals surface area contributed by atoms with Crippen molar-refractivity contribution in [1.82, 2.24) is 5.06 Å². The van der Waals surface area contributed by atoms with E-state index in [0.29, 0.717) is 35.4 Å². The lowest BCUT2D eigenvalue weighted by Gasteiger charge is -2.28. The summed E-state index contributed by atoms with van der Waals surface area (Å²) in [6.45, 7) is 2.61. The largest absolute Gasteiger partial charge is 0.492 e. The first-order valence-electron chi connectivity index (χ1n) is 6.65. The monoisotopic (exact) mass is 345 g/mol. The van der Waals surface area contributed by atoms with Gasteiger partial charge in [0.2, 0.25) is 11.9 Å². The molecule has 1 unspecified atom stereocenters. The Morgan fingerprint density at radius 3 is 2.77 bits per heavy atom. The molecule has 2 rings (SSSR count). The van der Waals surface area contributed by atoms with E-state index in [0.717, 1.165) is 0 Å². The van der Waals surface area contributed by atoms with Crippen molar-refractivity contribution in [2.45, 2.75) is 19.5 Å². The molecule has 0 spiro atoms. The van der Waals surface area contributed by atoms with E-state index in [-0.39, 0.29) is 18.1 Å². The lowest BCUT2D eigenvalue weighted by atomic mass is 10.3. The first kappa shape index (κ1) is 16.7. The van der Waals surface area contributed by atoms with Gasteiger partial charge in [0.25, 0.3) is 0 Å². The molecular weight excluding hydrogens is 329 g/mol. The highest BCUT2D eigenvalue weighted by Crippen LogP contribution is 2.31. The smallest absolute Gasteiger partial charge is 0.225 e. The van der Waals surface area contributed by atoms with Crippen LogP contribution in [0.4, 0.5) is 0 Å². The Balaban J connectivity index is 1.74. The molecule has 9 heteroatoms. The van der Waals surface area contributed by atoms with Crippen LogP contribution in [0.15, 0.2) is 28.2 Å². The zero-order valence-electron chi connectivity index (χ0n) is 12.0. The van der Waals surface area contributed by atoms with Crippen LogP contribution in [0, 0.1) is 0 Å². The van der Waals surface area contributed by atoms with Crippen molar-refractivity contribution >= 4 is 35.1 Å². The normalized spacial score (nSPS) is 18.0. The van der Waals surface area contributed by atoms with E-state index in [9.17, 15) is 0 Å². The van der Waals surface area contributed by atoms with E-state index in [2.05, 4.69) is 9.98 Å². The van der Waals surface area contributed by atoms with Crippen molar-refractivity contribution in [3.63, 3.8) is 0 Å². The van der Waals surface area contributed by atoms with Gasteiger partial charge in [-0.1, -0.05) is 29.3 Å². The van der Waals surface area contributed by atoms with Crippen LogP contribution in [0.1, 0.15) is 13.3 Å². The predicted octanol–water partition coefficient (Wildman–Crippen LogP) is 1.98. The first-order chi connectivity index (χ1) is 10.5. The zero-order chi connectivity index (χ0) is 16.1. The molecule has 0 saturated carbocycles. The molecule has 0 amide bonds. The highest BCUT2D eigenvalue weighted by atomic mass is 35.5. The SMILES string of the molecule is CC1N=C(N)N=C(N)N1OCCCOc1cccc(Cl)c1Cl. The second kappa shape index (κ2) is 7.53. The number of hydroxylamine groups is 2. The number of guanidine groups is 2. The van der Waals surface area contributed by atoms with Crippen molar-refractivity contribution in [2.24, 2.45) is 21.5 Å².